The van der Waals surface area contributed by atoms with Gasteiger partial charge >= 0.3 is 5.97 Å². The minimum absolute atomic E-state index is 0.127. The largest absolute Gasteiger partial charge is 0.478 e. The van der Waals surface area contributed by atoms with Gasteiger partial charge in [0.2, 0.25) is 10.0 Å². The summed E-state index contributed by atoms with van der Waals surface area (Å²) in [7, 11) is -3.83. The van der Waals surface area contributed by atoms with Crippen molar-refractivity contribution in [2.75, 3.05) is 24.6 Å². The SMILES string of the molecule is O=C(O)c1cc(-c2ccccc2F)cc(S(=O)(=O)N2CCSCC2)c1. The molecule has 0 amide bonds. The number of nitrogens with zero attached hydrogens (tertiary/aromatic N) is 1. The van der Waals surface area contributed by atoms with E-state index in [1.807, 2.05) is 0 Å². The van der Waals surface area contributed by atoms with Crippen molar-refractivity contribution in [3.8, 4) is 11.1 Å². The quantitative estimate of drug-likeness (QED) is 0.881. The second-order valence-electron chi connectivity index (χ2n) is 5.55. The Labute approximate surface area is 149 Å². The van der Waals surface area contributed by atoms with E-state index in [9.17, 15) is 22.7 Å². The molecular weight excluding hydrogens is 365 g/mol. The van der Waals surface area contributed by atoms with Crippen LogP contribution in [0.2, 0.25) is 0 Å². The summed E-state index contributed by atoms with van der Waals surface area (Å²) >= 11 is 1.67. The van der Waals surface area contributed by atoms with Crippen molar-refractivity contribution in [3.05, 3.63) is 53.8 Å². The Bertz CT molecular complexity index is 909. The van der Waals surface area contributed by atoms with Crippen molar-refractivity contribution in [2.45, 2.75) is 4.90 Å². The number of sulfonamides is 1. The summed E-state index contributed by atoms with van der Waals surface area (Å²) in [4.78, 5) is 11.3. The molecule has 0 unspecified atom stereocenters. The van der Waals surface area contributed by atoms with Gasteiger partial charge in [-0.1, -0.05) is 18.2 Å². The van der Waals surface area contributed by atoms with Gasteiger partial charge in [0.05, 0.1) is 10.5 Å². The average Bonchev–Trinajstić information content (AvgIpc) is 2.62. The number of aromatic carboxylic acids is 1. The molecule has 0 aliphatic carbocycles. The fourth-order valence-corrected chi connectivity index (χ4v) is 5.31. The van der Waals surface area contributed by atoms with Crippen LogP contribution < -0.4 is 0 Å². The monoisotopic (exact) mass is 381 g/mol. The number of carbonyl (C=O) groups is 1. The standard InChI is InChI=1S/C17H16FNO4S2/c18-16-4-2-1-3-15(16)12-9-13(17(20)21)11-14(10-12)25(22,23)19-5-7-24-8-6-19/h1-4,9-11H,5-8H2,(H,20,21). The first-order chi connectivity index (χ1) is 11.9. The highest BCUT2D eigenvalue weighted by atomic mass is 32.2. The summed E-state index contributed by atoms with van der Waals surface area (Å²) in [6, 6.07) is 9.62. The highest BCUT2D eigenvalue weighted by Gasteiger charge is 2.27. The fraction of sp³-hybridized carbons (Fsp3) is 0.235. The van der Waals surface area contributed by atoms with Crippen LogP contribution in [0.3, 0.4) is 0 Å². The lowest BCUT2D eigenvalue weighted by atomic mass is 10.0. The Morgan fingerprint density at radius 2 is 1.80 bits per heavy atom. The number of hydrogen-bond donors (Lipinski definition) is 1. The topological polar surface area (TPSA) is 74.7 Å². The second kappa shape index (κ2) is 7.15. The molecule has 1 saturated heterocycles. The van der Waals surface area contributed by atoms with E-state index >= 15 is 0 Å². The van der Waals surface area contributed by atoms with Gasteiger partial charge < -0.3 is 5.11 Å². The normalized spacial score (nSPS) is 15.9. The summed E-state index contributed by atoms with van der Waals surface area (Å²) in [5.41, 5.74) is 0.199. The van der Waals surface area contributed by atoms with Crippen molar-refractivity contribution in [1.82, 2.24) is 4.31 Å². The molecule has 1 N–H and O–H groups in total. The maximum atomic E-state index is 14.1. The van der Waals surface area contributed by atoms with Gasteiger partial charge in [0.25, 0.3) is 0 Å². The predicted octanol–water partition coefficient (Wildman–Crippen LogP) is 2.93. The molecule has 25 heavy (non-hydrogen) atoms. The van der Waals surface area contributed by atoms with Crippen molar-refractivity contribution in [2.24, 2.45) is 0 Å². The summed E-state index contributed by atoms with van der Waals surface area (Å²) in [6.07, 6.45) is 0. The van der Waals surface area contributed by atoms with E-state index in [0.717, 1.165) is 6.07 Å². The van der Waals surface area contributed by atoms with Gasteiger partial charge in [-0.25, -0.2) is 17.6 Å². The van der Waals surface area contributed by atoms with Gasteiger partial charge in [0.15, 0.2) is 0 Å². The molecule has 132 valence electrons. The van der Waals surface area contributed by atoms with Crippen molar-refractivity contribution >= 4 is 27.8 Å². The average molecular weight is 381 g/mol. The molecule has 0 atom stereocenters. The van der Waals surface area contributed by atoms with Crippen LogP contribution in [0.5, 0.6) is 0 Å². The number of rotatable bonds is 4. The molecule has 1 fully saturated rings. The number of benzene rings is 2. The molecule has 1 aliphatic rings. The van der Waals surface area contributed by atoms with Gasteiger partial charge in [0, 0.05) is 30.2 Å². The van der Waals surface area contributed by atoms with Crippen molar-refractivity contribution < 1.29 is 22.7 Å². The maximum absolute atomic E-state index is 14.1. The lowest BCUT2D eigenvalue weighted by Gasteiger charge is -2.26. The summed E-state index contributed by atoms with van der Waals surface area (Å²) in [5.74, 6) is -0.414. The summed E-state index contributed by atoms with van der Waals surface area (Å²) in [5, 5.41) is 9.32. The minimum Gasteiger partial charge on any atom is -0.478 e. The van der Waals surface area contributed by atoms with Gasteiger partial charge in [-0.2, -0.15) is 16.1 Å². The Morgan fingerprint density at radius 3 is 2.44 bits per heavy atom. The van der Waals surface area contributed by atoms with Gasteiger partial charge in [-0.05, 0) is 29.8 Å². The highest BCUT2D eigenvalue weighted by molar-refractivity contribution is 7.99. The molecular formula is C17H16FNO4S2. The van der Waals surface area contributed by atoms with Crippen LogP contribution in [-0.2, 0) is 10.0 Å². The van der Waals surface area contributed by atoms with Gasteiger partial charge in [-0.3, -0.25) is 0 Å². The van der Waals surface area contributed by atoms with Crippen LogP contribution in [0.1, 0.15) is 10.4 Å². The van der Waals surface area contributed by atoms with E-state index in [2.05, 4.69) is 0 Å². The molecule has 0 spiro atoms. The number of halogens is 1. The fourth-order valence-electron chi connectivity index (χ4n) is 2.66. The summed E-state index contributed by atoms with van der Waals surface area (Å²) in [6.45, 7) is 0.749. The zero-order valence-corrected chi connectivity index (χ0v) is 14.8. The Morgan fingerprint density at radius 1 is 1.12 bits per heavy atom. The predicted molar refractivity (Wildman–Crippen MR) is 94.9 cm³/mol. The third kappa shape index (κ3) is 3.70. The van der Waals surface area contributed by atoms with Gasteiger partial charge in [-0.15, -0.1) is 0 Å². The lowest BCUT2D eigenvalue weighted by molar-refractivity contribution is 0.0696. The molecule has 0 bridgehead atoms. The van der Waals surface area contributed by atoms with E-state index in [0.29, 0.717) is 24.6 Å². The molecule has 1 heterocycles. The van der Waals surface area contributed by atoms with E-state index in [1.165, 1.54) is 34.6 Å². The maximum Gasteiger partial charge on any atom is 0.335 e. The third-order valence-electron chi connectivity index (χ3n) is 3.95. The van der Waals surface area contributed by atoms with Crippen LogP contribution in [0.15, 0.2) is 47.4 Å². The first-order valence-corrected chi connectivity index (χ1v) is 10.2. The highest BCUT2D eigenvalue weighted by Crippen LogP contribution is 2.29. The Hall–Kier alpha value is -1.90. The molecule has 0 saturated carbocycles. The van der Waals surface area contributed by atoms with Crippen molar-refractivity contribution in [1.29, 1.82) is 0 Å². The molecule has 8 heteroatoms. The third-order valence-corrected chi connectivity index (χ3v) is 6.77. The first kappa shape index (κ1) is 17.9. The van der Waals surface area contributed by atoms with Crippen LogP contribution in [0.4, 0.5) is 4.39 Å². The first-order valence-electron chi connectivity index (χ1n) is 7.61. The van der Waals surface area contributed by atoms with Crippen molar-refractivity contribution in [3.63, 3.8) is 0 Å². The number of thioether (sulfide) groups is 1. The number of carboxylic acids is 1. The van der Waals surface area contributed by atoms with E-state index < -0.39 is 21.8 Å². The zero-order valence-electron chi connectivity index (χ0n) is 13.2. The molecule has 5 nitrogen and oxygen atoms in total. The minimum atomic E-state index is -3.83. The van der Waals surface area contributed by atoms with Crippen LogP contribution in [0, 0.1) is 5.82 Å². The molecule has 3 rings (SSSR count). The molecule has 2 aromatic carbocycles. The van der Waals surface area contributed by atoms with E-state index in [-0.39, 0.29) is 21.6 Å². The number of hydrogen-bond acceptors (Lipinski definition) is 4. The van der Waals surface area contributed by atoms with Crippen LogP contribution in [-0.4, -0.2) is 48.4 Å². The second-order valence-corrected chi connectivity index (χ2v) is 8.71. The number of carboxylic acid groups (broad SMARTS) is 1. The zero-order chi connectivity index (χ0) is 18.0. The molecule has 0 radical (unpaired) electrons. The summed E-state index contributed by atoms with van der Waals surface area (Å²) < 4.78 is 41.1. The lowest BCUT2D eigenvalue weighted by Crippen LogP contribution is -2.37. The molecule has 0 aromatic heterocycles. The molecule has 1 aliphatic heterocycles. The Balaban J connectivity index is 2.14. The van der Waals surface area contributed by atoms with Crippen LogP contribution >= 0.6 is 11.8 Å². The smallest absolute Gasteiger partial charge is 0.335 e. The van der Waals surface area contributed by atoms with E-state index in [4.69, 9.17) is 0 Å². The van der Waals surface area contributed by atoms with Crippen LogP contribution in [0.25, 0.3) is 11.1 Å². The molecule has 2 aromatic rings. The Kier molecular flexibility index (Phi) is 5.12. The van der Waals surface area contributed by atoms with Gasteiger partial charge in [0.1, 0.15) is 5.82 Å². The van der Waals surface area contributed by atoms with E-state index in [1.54, 1.807) is 17.8 Å².